The zero-order valence-electron chi connectivity index (χ0n) is 19.9. The van der Waals surface area contributed by atoms with Crippen molar-refractivity contribution in [3.05, 3.63) is 138 Å². The second kappa shape index (κ2) is 9.31. The Hall–Kier alpha value is -4.04. The van der Waals surface area contributed by atoms with Gasteiger partial charge in [-0.05, 0) is 76.8 Å². The molecule has 0 saturated heterocycles. The van der Waals surface area contributed by atoms with Gasteiger partial charge in [0.05, 0.1) is 12.1 Å². The highest BCUT2D eigenvalue weighted by atomic mass is 14.9. The van der Waals surface area contributed by atoms with Crippen molar-refractivity contribution < 1.29 is 0 Å². The van der Waals surface area contributed by atoms with E-state index in [0.29, 0.717) is 6.04 Å². The molecule has 0 spiro atoms. The van der Waals surface area contributed by atoms with E-state index in [1.807, 2.05) is 0 Å². The molecule has 172 valence electrons. The Morgan fingerprint density at radius 2 is 1.57 bits per heavy atom. The Bertz CT molecular complexity index is 1440. The van der Waals surface area contributed by atoms with Gasteiger partial charge in [-0.2, -0.15) is 0 Å². The molecule has 35 heavy (non-hydrogen) atoms. The number of fused-ring (bicyclic) bond motifs is 2. The summed E-state index contributed by atoms with van der Waals surface area (Å²) in [5.74, 6) is 0. The van der Waals surface area contributed by atoms with Crippen LogP contribution in [0.3, 0.4) is 0 Å². The summed E-state index contributed by atoms with van der Waals surface area (Å²) in [5, 5.41) is 9.90. The summed E-state index contributed by atoms with van der Waals surface area (Å²) in [6.45, 7) is 4.36. The lowest BCUT2D eigenvalue weighted by atomic mass is 9.87. The van der Waals surface area contributed by atoms with Crippen LogP contribution in [0.2, 0.25) is 0 Å². The summed E-state index contributed by atoms with van der Waals surface area (Å²) < 4.78 is 0. The fourth-order valence-electron chi connectivity index (χ4n) is 5.36. The first-order chi connectivity index (χ1) is 17.2. The average Bonchev–Trinajstić information content (AvgIpc) is 2.91. The number of hydrogen-bond donors (Lipinski definition) is 2. The fraction of sp³-hybridized carbons (Fsp3) is 0.152. The van der Waals surface area contributed by atoms with Crippen molar-refractivity contribution in [2.24, 2.45) is 0 Å². The van der Waals surface area contributed by atoms with Crippen LogP contribution in [0.1, 0.15) is 35.6 Å². The molecule has 4 aromatic carbocycles. The van der Waals surface area contributed by atoms with Crippen molar-refractivity contribution in [1.29, 1.82) is 0 Å². The summed E-state index contributed by atoms with van der Waals surface area (Å²) in [6.07, 6.45) is 10.2. The molecule has 0 bridgehead atoms. The van der Waals surface area contributed by atoms with Gasteiger partial charge in [-0.1, -0.05) is 91.5 Å². The predicted octanol–water partition coefficient (Wildman–Crippen LogP) is 8.32. The van der Waals surface area contributed by atoms with Gasteiger partial charge < -0.3 is 10.6 Å². The lowest BCUT2D eigenvalue weighted by molar-refractivity contribution is 0.600. The van der Waals surface area contributed by atoms with Crippen molar-refractivity contribution >= 4 is 27.7 Å². The standard InChI is InChI=1S/C33H30N2/c1-23-22-27(18-21-31(23)35-33-15-7-11-26-9-3-5-13-30(26)33)24-16-19-28(20-17-24)34-32-14-6-10-25-8-2-4-12-29(25)32/h2-5,7-9,11-13,15-22,31-32,34-35H,1,6,10,14H2. The third-order valence-electron chi connectivity index (χ3n) is 7.24. The van der Waals surface area contributed by atoms with Crippen LogP contribution in [-0.2, 0) is 6.42 Å². The van der Waals surface area contributed by atoms with Gasteiger partial charge in [-0.3, -0.25) is 0 Å². The van der Waals surface area contributed by atoms with E-state index in [0.717, 1.165) is 11.3 Å². The van der Waals surface area contributed by atoms with Gasteiger partial charge in [-0.25, -0.2) is 0 Å². The van der Waals surface area contributed by atoms with Crippen molar-refractivity contribution in [2.75, 3.05) is 10.6 Å². The molecule has 0 fully saturated rings. The van der Waals surface area contributed by atoms with Crippen LogP contribution in [0.15, 0.2) is 121 Å². The SMILES string of the molecule is C=C1C=C(c2ccc(NC3CCCc4ccccc43)cc2)C=CC1Nc1cccc2ccccc12. The Kier molecular flexibility index (Phi) is 5.71. The van der Waals surface area contributed by atoms with E-state index in [2.05, 4.69) is 126 Å². The molecule has 2 unspecified atom stereocenters. The number of nitrogens with one attached hydrogen (secondary N) is 2. The average molecular weight is 455 g/mol. The molecule has 0 saturated carbocycles. The third kappa shape index (κ3) is 4.40. The maximum absolute atomic E-state index is 4.36. The number of rotatable bonds is 5. The van der Waals surface area contributed by atoms with Crippen LogP contribution in [0.5, 0.6) is 0 Å². The zero-order valence-corrected chi connectivity index (χ0v) is 19.9. The third-order valence-corrected chi connectivity index (χ3v) is 7.24. The van der Waals surface area contributed by atoms with Gasteiger partial charge in [0.25, 0.3) is 0 Å². The maximum atomic E-state index is 4.36. The molecule has 2 aliphatic rings. The quantitative estimate of drug-likeness (QED) is 0.317. The van der Waals surface area contributed by atoms with Crippen LogP contribution in [0.4, 0.5) is 11.4 Å². The molecule has 6 rings (SSSR count). The van der Waals surface area contributed by atoms with Crippen LogP contribution >= 0.6 is 0 Å². The van der Waals surface area contributed by atoms with Crippen molar-refractivity contribution in [3.63, 3.8) is 0 Å². The molecule has 2 nitrogen and oxygen atoms in total. The fourth-order valence-corrected chi connectivity index (χ4v) is 5.36. The molecule has 0 amide bonds. The highest BCUT2D eigenvalue weighted by Crippen LogP contribution is 2.33. The Morgan fingerprint density at radius 1 is 0.771 bits per heavy atom. The van der Waals surface area contributed by atoms with Crippen molar-refractivity contribution in [2.45, 2.75) is 31.3 Å². The molecule has 0 aromatic heterocycles. The smallest absolute Gasteiger partial charge is 0.0695 e. The summed E-state index contributed by atoms with van der Waals surface area (Å²) in [7, 11) is 0. The van der Waals surface area contributed by atoms with Gasteiger partial charge in [0.2, 0.25) is 0 Å². The minimum Gasteiger partial charge on any atom is -0.378 e. The van der Waals surface area contributed by atoms with E-state index in [1.54, 1.807) is 0 Å². The van der Waals surface area contributed by atoms with E-state index in [9.17, 15) is 0 Å². The highest BCUT2D eigenvalue weighted by Gasteiger charge is 2.19. The number of anilines is 2. The largest absolute Gasteiger partial charge is 0.378 e. The number of aryl methyl sites for hydroxylation is 1. The van der Waals surface area contributed by atoms with Gasteiger partial charge in [0.1, 0.15) is 0 Å². The molecule has 0 heterocycles. The van der Waals surface area contributed by atoms with E-state index < -0.39 is 0 Å². The predicted molar refractivity (Wildman–Crippen MR) is 150 cm³/mol. The number of hydrogen-bond acceptors (Lipinski definition) is 2. The number of benzene rings is 4. The van der Waals surface area contributed by atoms with Gasteiger partial charge >= 0.3 is 0 Å². The second-order valence-corrected chi connectivity index (χ2v) is 9.55. The summed E-state index contributed by atoms with van der Waals surface area (Å²) in [6, 6.07) is 33.0. The molecule has 4 aromatic rings. The topological polar surface area (TPSA) is 24.1 Å². The van der Waals surface area contributed by atoms with Crippen molar-refractivity contribution in [3.8, 4) is 0 Å². The molecule has 2 heteroatoms. The maximum Gasteiger partial charge on any atom is 0.0695 e. The van der Waals surface area contributed by atoms with Gasteiger partial charge in [0, 0.05) is 16.8 Å². The molecular weight excluding hydrogens is 424 g/mol. The first kappa shape index (κ1) is 21.5. The summed E-state index contributed by atoms with van der Waals surface area (Å²) in [5.41, 5.74) is 8.70. The minimum atomic E-state index is 0.0804. The monoisotopic (exact) mass is 454 g/mol. The first-order valence-electron chi connectivity index (χ1n) is 12.5. The van der Waals surface area contributed by atoms with Crippen LogP contribution < -0.4 is 10.6 Å². The second-order valence-electron chi connectivity index (χ2n) is 9.55. The molecule has 2 atom stereocenters. The first-order valence-corrected chi connectivity index (χ1v) is 12.5. The van der Waals surface area contributed by atoms with Crippen LogP contribution in [0.25, 0.3) is 16.3 Å². The van der Waals surface area contributed by atoms with Crippen LogP contribution in [0, 0.1) is 0 Å². The normalized spacial score (nSPS) is 19.2. The highest BCUT2D eigenvalue weighted by molar-refractivity contribution is 5.94. The van der Waals surface area contributed by atoms with Crippen molar-refractivity contribution in [1.82, 2.24) is 0 Å². The van der Waals surface area contributed by atoms with E-state index >= 15 is 0 Å². The summed E-state index contributed by atoms with van der Waals surface area (Å²) in [4.78, 5) is 0. The Labute approximate surface area is 207 Å². The van der Waals surface area contributed by atoms with E-state index in [1.165, 1.54) is 58.0 Å². The molecular formula is C33H30N2. The van der Waals surface area contributed by atoms with Crippen LogP contribution in [-0.4, -0.2) is 6.04 Å². The van der Waals surface area contributed by atoms with E-state index in [-0.39, 0.29) is 6.04 Å². The molecule has 2 aliphatic carbocycles. The van der Waals surface area contributed by atoms with Gasteiger partial charge in [0.15, 0.2) is 0 Å². The number of allylic oxidation sites excluding steroid dienone is 2. The summed E-state index contributed by atoms with van der Waals surface area (Å²) >= 11 is 0. The molecule has 2 N–H and O–H groups in total. The molecule has 0 radical (unpaired) electrons. The van der Waals surface area contributed by atoms with E-state index in [4.69, 9.17) is 0 Å². The zero-order chi connectivity index (χ0) is 23.6. The minimum absolute atomic E-state index is 0.0804. The lowest BCUT2D eigenvalue weighted by Gasteiger charge is -2.27. The van der Waals surface area contributed by atoms with Gasteiger partial charge in [-0.15, -0.1) is 0 Å². The Morgan fingerprint density at radius 3 is 2.46 bits per heavy atom. The lowest BCUT2D eigenvalue weighted by Crippen LogP contribution is -2.20. The Balaban J connectivity index is 1.15. The molecule has 0 aliphatic heterocycles.